The standard InChI is InChI=1S/C12H11N6O/c13-5-7-1-3-8(4-2-7)18-11-9(17-12(18)19)10(14)15-6-16-11/h1,3-4,6H,5,13H2,(H,17,19)(H2,14,15,16). The highest BCUT2D eigenvalue weighted by Gasteiger charge is 2.12. The number of benzene rings is 1. The summed E-state index contributed by atoms with van der Waals surface area (Å²) in [5, 5.41) is 0. The molecule has 0 saturated carbocycles. The summed E-state index contributed by atoms with van der Waals surface area (Å²) in [7, 11) is 0. The van der Waals surface area contributed by atoms with Crippen LogP contribution in [0.4, 0.5) is 5.82 Å². The van der Waals surface area contributed by atoms with Crippen LogP contribution < -0.4 is 17.2 Å². The van der Waals surface area contributed by atoms with Crippen molar-refractivity contribution >= 4 is 17.0 Å². The Morgan fingerprint density at radius 1 is 1.37 bits per heavy atom. The monoisotopic (exact) mass is 255 g/mol. The lowest BCUT2D eigenvalue weighted by Gasteiger charge is -2.03. The fraction of sp³-hybridized carbons (Fsp3) is 0.0833. The molecule has 2 aromatic heterocycles. The van der Waals surface area contributed by atoms with Crippen molar-refractivity contribution in [1.82, 2.24) is 19.5 Å². The zero-order chi connectivity index (χ0) is 13.4. The third-order valence-corrected chi connectivity index (χ3v) is 2.84. The molecule has 0 fully saturated rings. The molecule has 1 aromatic carbocycles. The van der Waals surface area contributed by atoms with Gasteiger partial charge in [-0.1, -0.05) is 6.07 Å². The summed E-state index contributed by atoms with van der Waals surface area (Å²) in [6.07, 6.45) is 1.32. The van der Waals surface area contributed by atoms with Gasteiger partial charge < -0.3 is 16.5 Å². The quantitative estimate of drug-likeness (QED) is 0.593. The van der Waals surface area contributed by atoms with E-state index in [9.17, 15) is 4.79 Å². The summed E-state index contributed by atoms with van der Waals surface area (Å²) in [6.45, 7) is 0.401. The van der Waals surface area contributed by atoms with Crippen LogP contribution in [0.5, 0.6) is 0 Å². The molecule has 5 N–H and O–H groups in total. The number of aromatic amines is 1. The van der Waals surface area contributed by atoms with E-state index in [1.165, 1.54) is 10.9 Å². The summed E-state index contributed by atoms with van der Waals surface area (Å²) < 4.78 is 1.42. The molecular weight excluding hydrogens is 244 g/mol. The van der Waals surface area contributed by atoms with Gasteiger partial charge in [0.2, 0.25) is 0 Å². The molecule has 0 atom stereocenters. The maximum absolute atomic E-state index is 12.0. The normalized spacial score (nSPS) is 11.0. The first-order chi connectivity index (χ1) is 9.20. The van der Waals surface area contributed by atoms with Crippen LogP contribution >= 0.6 is 0 Å². The minimum absolute atomic E-state index is 0.239. The summed E-state index contributed by atoms with van der Waals surface area (Å²) in [5.41, 5.74) is 13.3. The van der Waals surface area contributed by atoms with Gasteiger partial charge >= 0.3 is 5.69 Å². The predicted molar refractivity (Wildman–Crippen MR) is 70.6 cm³/mol. The second-order valence-corrected chi connectivity index (χ2v) is 4.00. The zero-order valence-electron chi connectivity index (χ0n) is 9.92. The third-order valence-electron chi connectivity index (χ3n) is 2.84. The number of rotatable bonds is 2. The van der Waals surface area contributed by atoms with Gasteiger partial charge in [0.25, 0.3) is 0 Å². The smallest absolute Gasteiger partial charge is 0.332 e. The third kappa shape index (κ3) is 1.76. The fourth-order valence-electron chi connectivity index (χ4n) is 1.89. The highest BCUT2D eigenvalue weighted by Crippen LogP contribution is 2.16. The molecule has 0 aliphatic carbocycles. The first-order valence-corrected chi connectivity index (χ1v) is 5.63. The molecule has 0 aliphatic heterocycles. The van der Waals surface area contributed by atoms with E-state index in [-0.39, 0.29) is 11.5 Å². The molecule has 0 aliphatic rings. The molecule has 0 spiro atoms. The summed E-state index contributed by atoms with van der Waals surface area (Å²) in [4.78, 5) is 22.6. The van der Waals surface area contributed by atoms with E-state index in [1.807, 2.05) is 6.07 Å². The number of anilines is 1. The Kier molecular flexibility index (Phi) is 2.53. The van der Waals surface area contributed by atoms with Crippen molar-refractivity contribution in [2.75, 3.05) is 5.73 Å². The average Bonchev–Trinajstić information content (AvgIpc) is 2.77. The number of H-pyrrole nitrogens is 1. The second kappa shape index (κ2) is 4.21. The average molecular weight is 255 g/mol. The van der Waals surface area contributed by atoms with Gasteiger partial charge in [0.1, 0.15) is 11.8 Å². The number of nitrogens with one attached hydrogen (secondary N) is 1. The van der Waals surface area contributed by atoms with E-state index < -0.39 is 0 Å². The van der Waals surface area contributed by atoms with Crippen LogP contribution in [0.1, 0.15) is 5.56 Å². The summed E-state index contributed by atoms with van der Waals surface area (Å²) >= 11 is 0. The van der Waals surface area contributed by atoms with E-state index in [0.717, 1.165) is 5.56 Å². The molecule has 7 nitrogen and oxygen atoms in total. The van der Waals surface area contributed by atoms with Gasteiger partial charge in [-0.3, -0.25) is 0 Å². The number of fused-ring (bicyclic) bond motifs is 1. The highest BCUT2D eigenvalue weighted by molar-refractivity contribution is 5.82. The maximum Gasteiger partial charge on any atom is 0.332 e. The maximum atomic E-state index is 12.0. The summed E-state index contributed by atoms with van der Waals surface area (Å²) in [6, 6.07) is 8.29. The van der Waals surface area contributed by atoms with Gasteiger partial charge in [-0.05, 0) is 23.8 Å². The Labute approximate surface area is 107 Å². The van der Waals surface area contributed by atoms with Crippen molar-refractivity contribution < 1.29 is 0 Å². The van der Waals surface area contributed by atoms with Gasteiger partial charge in [0.15, 0.2) is 11.5 Å². The first kappa shape index (κ1) is 11.4. The largest absolute Gasteiger partial charge is 0.382 e. The number of hydrogen-bond acceptors (Lipinski definition) is 5. The second-order valence-electron chi connectivity index (χ2n) is 4.00. The van der Waals surface area contributed by atoms with Crippen LogP contribution in [0.3, 0.4) is 0 Å². The van der Waals surface area contributed by atoms with Crippen LogP contribution in [-0.4, -0.2) is 19.5 Å². The van der Waals surface area contributed by atoms with Crippen molar-refractivity contribution in [3.8, 4) is 5.69 Å². The molecule has 3 rings (SSSR count). The number of hydrogen-bond donors (Lipinski definition) is 3. The Balaban J connectivity index is 2.27. The molecule has 0 saturated heterocycles. The van der Waals surface area contributed by atoms with Crippen LogP contribution in [0, 0.1) is 6.07 Å². The lowest BCUT2D eigenvalue weighted by molar-refractivity contribution is 0.989. The van der Waals surface area contributed by atoms with Crippen LogP contribution in [-0.2, 0) is 6.54 Å². The van der Waals surface area contributed by atoms with Crippen molar-refractivity contribution in [1.29, 1.82) is 0 Å². The number of nitrogens with zero attached hydrogens (tertiary/aromatic N) is 3. The van der Waals surface area contributed by atoms with Crippen molar-refractivity contribution in [2.24, 2.45) is 5.73 Å². The van der Waals surface area contributed by atoms with E-state index >= 15 is 0 Å². The van der Waals surface area contributed by atoms with Crippen LogP contribution in [0.25, 0.3) is 16.9 Å². The minimum atomic E-state index is -0.323. The van der Waals surface area contributed by atoms with Crippen molar-refractivity contribution in [3.05, 3.63) is 46.6 Å². The number of imidazole rings is 1. The SMILES string of the molecule is NCc1[c]cc(-n2c(=O)[nH]c3c(N)ncnc32)cc1. The topological polar surface area (TPSA) is 116 Å². The first-order valence-electron chi connectivity index (χ1n) is 5.63. The molecule has 0 bridgehead atoms. The molecule has 1 radical (unpaired) electrons. The Morgan fingerprint density at radius 2 is 2.21 bits per heavy atom. The fourth-order valence-corrected chi connectivity index (χ4v) is 1.89. The molecule has 2 heterocycles. The minimum Gasteiger partial charge on any atom is -0.382 e. The van der Waals surface area contributed by atoms with Gasteiger partial charge in [-0.2, -0.15) is 0 Å². The van der Waals surface area contributed by atoms with Gasteiger partial charge in [0.05, 0.1) is 5.69 Å². The highest BCUT2D eigenvalue weighted by atomic mass is 16.1. The number of nitrogens with two attached hydrogens (primary N) is 2. The molecule has 19 heavy (non-hydrogen) atoms. The van der Waals surface area contributed by atoms with E-state index in [1.54, 1.807) is 12.1 Å². The molecular formula is C12H11N6O. The van der Waals surface area contributed by atoms with Crippen LogP contribution in [0.2, 0.25) is 0 Å². The zero-order valence-corrected chi connectivity index (χ0v) is 9.92. The van der Waals surface area contributed by atoms with Crippen molar-refractivity contribution in [3.63, 3.8) is 0 Å². The number of nitrogen functional groups attached to an aromatic ring is 1. The van der Waals surface area contributed by atoms with Crippen LogP contribution in [0.15, 0.2) is 29.3 Å². The predicted octanol–water partition coefficient (Wildman–Crippen LogP) is -0.0501. The van der Waals surface area contributed by atoms with E-state index in [2.05, 4.69) is 21.0 Å². The molecule has 7 heteroatoms. The van der Waals surface area contributed by atoms with E-state index in [4.69, 9.17) is 11.5 Å². The van der Waals surface area contributed by atoms with Gasteiger partial charge in [-0.25, -0.2) is 19.3 Å². The number of aromatic nitrogens is 4. The molecule has 0 unspecified atom stereocenters. The molecule has 95 valence electrons. The van der Waals surface area contributed by atoms with E-state index in [0.29, 0.717) is 23.4 Å². The van der Waals surface area contributed by atoms with Crippen molar-refractivity contribution in [2.45, 2.75) is 6.54 Å². The summed E-state index contributed by atoms with van der Waals surface area (Å²) in [5.74, 6) is 0.239. The van der Waals surface area contributed by atoms with Gasteiger partial charge in [0, 0.05) is 6.54 Å². The molecule has 3 aromatic rings. The Morgan fingerprint density at radius 3 is 2.89 bits per heavy atom. The Bertz CT molecular complexity index is 786. The Hall–Kier alpha value is -2.67. The lowest BCUT2D eigenvalue weighted by Crippen LogP contribution is -2.15. The van der Waals surface area contributed by atoms with Gasteiger partial charge in [-0.15, -0.1) is 0 Å². The lowest BCUT2D eigenvalue weighted by atomic mass is 10.2. The molecule has 0 amide bonds.